The van der Waals surface area contributed by atoms with Gasteiger partial charge in [0.1, 0.15) is 26.1 Å². The van der Waals surface area contributed by atoms with Gasteiger partial charge in [0.2, 0.25) is 0 Å². The molecule has 19 heavy (non-hydrogen) atoms. The van der Waals surface area contributed by atoms with Crippen LogP contribution in [-0.2, 0) is 6.61 Å². The van der Waals surface area contributed by atoms with Crippen LogP contribution in [0, 0.1) is 17.5 Å². The van der Waals surface area contributed by atoms with E-state index >= 15 is 0 Å². The summed E-state index contributed by atoms with van der Waals surface area (Å²) in [5.41, 5.74) is 4.83. The Kier molecular flexibility index (Phi) is 3.59. The van der Waals surface area contributed by atoms with Crippen LogP contribution in [-0.4, -0.2) is 17.8 Å². The molecule has 0 aliphatic heterocycles. The normalized spacial score (nSPS) is 10.5. The summed E-state index contributed by atoms with van der Waals surface area (Å²) in [6.07, 6.45) is 0.799. The van der Waals surface area contributed by atoms with Crippen LogP contribution in [0.25, 0.3) is 0 Å². The number of rotatable bonds is 3. The third-order valence-electron chi connectivity index (χ3n) is 2.26. The largest absolute Gasteiger partial charge is 0.458 e. The molecule has 1 aromatic carbocycles. The van der Waals surface area contributed by atoms with Gasteiger partial charge in [-0.05, 0) is 12.1 Å². The zero-order valence-electron chi connectivity index (χ0n) is 9.53. The molecule has 4 nitrogen and oxygen atoms in total. The summed E-state index contributed by atoms with van der Waals surface area (Å²) in [5.74, 6) is -2.93. The van der Waals surface area contributed by atoms with Crippen LogP contribution in [0.4, 0.5) is 19.0 Å². The van der Waals surface area contributed by atoms with Crippen molar-refractivity contribution >= 4 is 19.1 Å². The molecule has 0 saturated carbocycles. The molecule has 2 N–H and O–H groups in total. The maximum absolute atomic E-state index is 13.4. The fourth-order valence-electron chi connectivity index (χ4n) is 1.33. The van der Waals surface area contributed by atoms with E-state index in [2.05, 4.69) is 9.97 Å². The maximum Gasteiger partial charge on any atom is 0.318 e. The number of ether oxygens (including phenoxy) is 1. The highest BCUT2D eigenvalue weighted by atomic mass is 19.1. The van der Waals surface area contributed by atoms with E-state index < -0.39 is 29.9 Å². The Bertz CT molecular complexity index is 601. The lowest BCUT2D eigenvalue weighted by Gasteiger charge is -2.08. The van der Waals surface area contributed by atoms with Gasteiger partial charge in [0.25, 0.3) is 0 Å². The molecule has 1 aromatic heterocycles. The van der Waals surface area contributed by atoms with Crippen molar-refractivity contribution in [2.24, 2.45) is 0 Å². The highest BCUT2D eigenvalue weighted by molar-refractivity contribution is 6.32. The van der Waals surface area contributed by atoms with Crippen molar-refractivity contribution < 1.29 is 17.9 Å². The van der Waals surface area contributed by atoms with Gasteiger partial charge in [0.05, 0.1) is 11.8 Å². The number of aromatic nitrogens is 2. The first-order valence-corrected chi connectivity index (χ1v) is 5.11. The van der Waals surface area contributed by atoms with Crippen LogP contribution >= 0.6 is 0 Å². The van der Waals surface area contributed by atoms with Crippen LogP contribution in [0.15, 0.2) is 18.3 Å². The van der Waals surface area contributed by atoms with Crippen LogP contribution < -0.4 is 15.9 Å². The van der Waals surface area contributed by atoms with Crippen molar-refractivity contribution in [3.63, 3.8) is 0 Å². The number of nitrogens with zero attached hydrogens (tertiary/aromatic N) is 2. The molecular weight excluding hydrogens is 258 g/mol. The minimum Gasteiger partial charge on any atom is -0.458 e. The Labute approximate surface area is 107 Å². The number of nitrogens with two attached hydrogens (primary N) is 1. The number of anilines is 1. The van der Waals surface area contributed by atoms with Gasteiger partial charge in [-0.25, -0.2) is 18.2 Å². The topological polar surface area (TPSA) is 61.0 Å². The van der Waals surface area contributed by atoms with Crippen LogP contribution in [0.1, 0.15) is 5.56 Å². The Morgan fingerprint density at radius 1 is 1.16 bits per heavy atom. The highest BCUT2D eigenvalue weighted by Crippen LogP contribution is 2.15. The summed E-state index contributed by atoms with van der Waals surface area (Å²) < 4.78 is 44.6. The standard InChI is InChI=1S/C11H7BF3N3O/c12-5-1-7(13)6(8(14)2-5)4-19-11-17-3-9(15)10(16)18-11/h1-3H,4H2,(H2,16,17,18). The average Bonchev–Trinajstić information content (AvgIpc) is 2.32. The van der Waals surface area contributed by atoms with Crippen LogP contribution in [0.3, 0.4) is 0 Å². The van der Waals surface area contributed by atoms with Crippen molar-refractivity contribution in [3.05, 3.63) is 41.3 Å². The molecule has 8 heteroatoms. The molecule has 0 atom stereocenters. The molecule has 0 amide bonds. The van der Waals surface area contributed by atoms with Gasteiger partial charge in [-0.2, -0.15) is 4.98 Å². The first kappa shape index (κ1) is 13.2. The van der Waals surface area contributed by atoms with E-state index in [1.807, 2.05) is 0 Å². The van der Waals surface area contributed by atoms with Gasteiger partial charge in [-0.3, -0.25) is 0 Å². The number of halogens is 3. The molecule has 2 rings (SSSR count). The van der Waals surface area contributed by atoms with Crippen molar-refractivity contribution in [2.75, 3.05) is 5.73 Å². The number of hydrogen-bond donors (Lipinski definition) is 1. The third-order valence-corrected chi connectivity index (χ3v) is 2.26. The molecule has 96 valence electrons. The molecule has 0 bridgehead atoms. The van der Waals surface area contributed by atoms with Gasteiger partial charge in [0.15, 0.2) is 11.6 Å². The Morgan fingerprint density at radius 3 is 2.37 bits per heavy atom. The molecule has 1 heterocycles. The molecule has 0 fully saturated rings. The number of nitrogen functional groups attached to an aromatic ring is 1. The lowest BCUT2D eigenvalue weighted by molar-refractivity contribution is 0.269. The van der Waals surface area contributed by atoms with E-state index in [1.54, 1.807) is 0 Å². The minimum atomic E-state index is -0.854. The summed E-state index contributed by atoms with van der Waals surface area (Å²) in [4.78, 5) is 6.94. The number of hydrogen-bond acceptors (Lipinski definition) is 4. The van der Waals surface area contributed by atoms with Gasteiger partial charge < -0.3 is 10.5 Å². The maximum atomic E-state index is 13.4. The van der Waals surface area contributed by atoms with E-state index in [0.717, 1.165) is 18.3 Å². The fourth-order valence-corrected chi connectivity index (χ4v) is 1.33. The van der Waals surface area contributed by atoms with E-state index in [1.165, 1.54) is 0 Å². The summed E-state index contributed by atoms with van der Waals surface area (Å²) in [5, 5.41) is 0. The lowest BCUT2D eigenvalue weighted by Crippen LogP contribution is -2.11. The third kappa shape index (κ3) is 2.96. The SMILES string of the molecule is [B]c1cc(F)c(COc2ncc(F)c(N)n2)c(F)c1. The Morgan fingerprint density at radius 2 is 1.79 bits per heavy atom. The summed E-state index contributed by atoms with van der Waals surface area (Å²) in [7, 11) is 5.27. The van der Waals surface area contributed by atoms with E-state index in [9.17, 15) is 13.2 Å². The zero-order chi connectivity index (χ0) is 14.0. The number of benzene rings is 1. The molecule has 0 saturated heterocycles. The molecule has 2 radical (unpaired) electrons. The molecule has 0 spiro atoms. The molecule has 2 aromatic rings. The van der Waals surface area contributed by atoms with Gasteiger partial charge in [-0.1, -0.05) is 5.46 Å². The van der Waals surface area contributed by atoms with E-state index in [-0.39, 0.29) is 17.0 Å². The second-order valence-electron chi connectivity index (χ2n) is 3.64. The second-order valence-corrected chi connectivity index (χ2v) is 3.64. The van der Waals surface area contributed by atoms with Crippen molar-refractivity contribution in [1.29, 1.82) is 0 Å². The quantitative estimate of drug-likeness (QED) is 0.835. The fraction of sp³-hybridized carbons (Fsp3) is 0.0909. The van der Waals surface area contributed by atoms with Crippen molar-refractivity contribution in [1.82, 2.24) is 9.97 Å². The molecule has 0 aliphatic carbocycles. The Hall–Kier alpha value is -2.25. The zero-order valence-corrected chi connectivity index (χ0v) is 9.53. The molecular formula is C11H7BF3N3O. The summed E-state index contributed by atoms with van der Waals surface area (Å²) in [6.45, 7) is -0.469. The summed E-state index contributed by atoms with van der Waals surface area (Å²) >= 11 is 0. The molecule has 0 unspecified atom stereocenters. The van der Waals surface area contributed by atoms with Gasteiger partial charge >= 0.3 is 6.01 Å². The lowest BCUT2D eigenvalue weighted by atomic mass is 9.94. The first-order valence-electron chi connectivity index (χ1n) is 5.11. The summed E-state index contributed by atoms with van der Waals surface area (Å²) in [6, 6.07) is 1.64. The van der Waals surface area contributed by atoms with Crippen molar-refractivity contribution in [3.8, 4) is 6.01 Å². The second kappa shape index (κ2) is 5.17. The van der Waals surface area contributed by atoms with E-state index in [0.29, 0.717) is 0 Å². The smallest absolute Gasteiger partial charge is 0.318 e. The highest BCUT2D eigenvalue weighted by Gasteiger charge is 2.12. The first-order chi connectivity index (χ1) is 8.97. The van der Waals surface area contributed by atoms with Crippen LogP contribution in [0.2, 0.25) is 0 Å². The average molecular weight is 265 g/mol. The van der Waals surface area contributed by atoms with Gasteiger partial charge in [0, 0.05) is 0 Å². The van der Waals surface area contributed by atoms with Crippen molar-refractivity contribution in [2.45, 2.75) is 6.61 Å². The monoisotopic (exact) mass is 265 g/mol. The predicted molar refractivity (Wildman–Crippen MR) is 62.5 cm³/mol. The van der Waals surface area contributed by atoms with Crippen LogP contribution in [0.5, 0.6) is 6.01 Å². The molecule has 0 aliphatic rings. The predicted octanol–water partition coefficient (Wildman–Crippen LogP) is 0.849. The van der Waals surface area contributed by atoms with Gasteiger partial charge in [-0.15, -0.1) is 0 Å². The minimum absolute atomic E-state index is 0.0407. The Balaban J connectivity index is 2.16. The van der Waals surface area contributed by atoms with E-state index in [4.69, 9.17) is 18.3 Å².